The Morgan fingerprint density at radius 1 is 1.00 bits per heavy atom. The van der Waals surface area contributed by atoms with E-state index in [-0.39, 0.29) is 17.2 Å². The zero-order chi connectivity index (χ0) is 24.1. The summed E-state index contributed by atoms with van der Waals surface area (Å²) in [7, 11) is 0. The van der Waals surface area contributed by atoms with Gasteiger partial charge in [-0.2, -0.15) is 4.68 Å². The quantitative estimate of drug-likeness (QED) is 0.384. The van der Waals surface area contributed by atoms with Gasteiger partial charge in [0.25, 0.3) is 5.91 Å². The molecule has 3 aromatic carbocycles. The van der Waals surface area contributed by atoms with E-state index < -0.39 is 11.7 Å². The number of carbonyl (C=O) groups excluding carboxylic acids is 2. The average Bonchev–Trinajstić information content (AvgIpc) is 3.28. The second kappa shape index (κ2) is 10.3. The highest BCUT2D eigenvalue weighted by molar-refractivity contribution is 7.99. The molecular formula is C24H21FN6O2S. The number of aromatic nitrogens is 4. The number of carbonyl (C=O) groups is 2. The Morgan fingerprint density at radius 2 is 1.76 bits per heavy atom. The minimum Gasteiger partial charge on any atom is -0.325 e. The van der Waals surface area contributed by atoms with Crippen LogP contribution in [0.5, 0.6) is 0 Å². The van der Waals surface area contributed by atoms with Crippen LogP contribution in [-0.2, 0) is 4.79 Å². The van der Waals surface area contributed by atoms with Gasteiger partial charge in [0, 0.05) is 5.69 Å². The molecule has 2 amide bonds. The maximum atomic E-state index is 13.1. The van der Waals surface area contributed by atoms with Crippen LogP contribution < -0.4 is 10.6 Å². The van der Waals surface area contributed by atoms with Crippen LogP contribution in [0.1, 0.15) is 21.5 Å². The summed E-state index contributed by atoms with van der Waals surface area (Å²) in [6.07, 6.45) is 0. The van der Waals surface area contributed by atoms with Crippen molar-refractivity contribution in [2.24, 2.45) is 0 Å². The van der Waals surface area contributed by atoms with Crippen molar-refractivity contribution >= 4 is 35.0 Å². The van der Waals surface area contributed by atoms with Crippen molar-refractivity contribution < 1.29 is 14.0 Å². The van der Waals surface area contributed by atoms with Crippen LogP contribution in [0, 0.1) is 19.7 Å². The Hall–Kier alpha value is -4.05. The van der Waals surface area contributed by atoms with Gasteiger partial charge in [-0.05, 0) is 72.3 Å². The van der Waals surface area contributed by atoms with E-state index in [2.05, 4.69) is 26.2 Å². The number of nitrogens with one attached hydrogen (secondary N) is 2. The summed E-state index contributed by atoms with van der Waals surface area (Å²) >= 11 is 1.19. The third-order valence-corrected chi connectivity index (χ3v) is 5.82. The molecule has 0 aliphatic rings. The Balaban J connectivity index is 1.42. The lowest BCUT2D eigenvalue weighted by atomic mass is 10.1. The van der Waals surface area contributed by atoms with Crippen molar-refractivity contribution in [3.63, 3.8) is 0 Å². The molecular weight excluding hydrogens is 455 g/mol. The van der Waals surface area contributed by atoms with Crippen LogP contribution in [0.25, 0.3) is 5.69 Å². The van der Waals surface area contributed by atoms with Crippen molar-refractivity contribution in [3.8, 4) is 5.69 Å². The highest BCUT2D eigenvalue weighted by Gasteiger charge is 2.16. The third kappa shape index (κ3) is 5.46. The predicted octanol–water partition coefficient (Wildman–Crippen LogP) is 4.40. The molecule has 10 heteroatoms. The number of tetrazole rings is 1. The van der Waals surface area contributed by atoms with Crippen LogP contribution in [0.3, 0.4) is 0 Å². The molecule has 0 atom stereocenters. The second-order valence-corrected chi connectivity index (χ2v) is 8.45. The number of hydrogen-bond donors (Lipinski definition) is 2. The van der Waals surface area contributed by atoms with Crippen molar-refractivity contribution in [1.29, 1.82) is 0 Å². The number of amides is 2. The number of thioether (sulfide) groups is 1. The molecule has 0 bridgehead atoms. The first-order chi connectivity index (χ1) is 16.4. The largest absolute Gasteiger partial charge is 0.325 e. The van der Waals surface area contributed by atoms with Crippen LogP contribution in [-0.4, -0.2) is 37.8 Å². The number of anilines is 2. The standard InChI is InChI=1S/C24H21FN6O2S/c1-15-7-12-21(16(2)13-15)31-24(28-29-30-31)34-14-22(32)27-20-6-4-3-5-19(20)23(33)26-18-10-8-17(25)9-11-18/h3-13H,14H2,1-2H3,(H,26,33)(H,27,32). The Labute approximate surface area is 199 Å². The normalized spacial score (nSPS) is 10.7. The molecule has 2 N–H and O–H groups in total. The number of nitrogens with zero attached hydrogens (tertiary/aromatic N) is 4. The maximum absolute atomic E-state index is 13.1. The van der Waals surface area contributed by atoms with Gasteiger partial charge in [-0.1, -0.05) is 41.6 Å². The Kier molecular flexibility index (Phi) is 6.98. The van der Waals surface area contributed by atoms with Gasteiger partial charge in [0.1, 0.15) is 5.82 Å². The Morgan fingerprint density at radius 3 is 2.53 bits per heavy atom. The van der Waals surface area contributed by atoms with Crippen molar-refractivity contribution in [2.75, 3.05) is 16.4 Å². The molecule has 0 saturated carbocycles. The zero-order valence-electron chi connectivity index (χ0n) is 18.4. The number of para-hydroxylation sites is 1. The molecule has 4 rings (SSSR count). The van der Waals surface area contributed by atoms with E-state index in [9.17, 15) is 14.0 Å². The zero-order valence-corrected chi connectivity index (χ0v) is 19.3. The lowest BCUT2D eigenvalue weighted by Gasteiger charge is -2.12. The predicted molar refractivity (Wildman–Crippen MR) is 129 cm³/mol. The lowest BCUT2D eigenvalue weighted by molar-refractivity contribution is -0.113. The van der Waals surface area contributed by atoms with Gasteiger partial charge < -0.3 is 10.6 Å². The van der Waals surface area contributed by atoms with E-state index >= 15 is 0 Å². The molecule has 0 fully saturated rings. The molecule has 0 radical (unpaired) electrons. The fraction of sp³-hybridized carbons (Fsp3) is 0.125. The molecule has 1 heterocycles. The number of rotatable bonds is 7. The second-order valence-electron chi connectivity index (χ2n) is 7.51. The smallest absolute Gasteiger partial charge is 0.257 e. The highest BCUT2D eigenvalue weighted by atomic mass is 32.2. The lowest BCUT2D eigenvalue weighted by Crippen LogP contribution is -2.19. The van der Waals surface area contributed by atoms with Crippen molar-refractivity contribution in [3.05, 3.63) is 89.2 Å². The van der Waals surface area contributed by atoms with E-state index in [0.717, 1.165) is 16.8 Å². The van der Waals surface area contributed by atoms with Crippen LogP contribution in [0.2, 0.25) is 0 Å². The van der Waals surface area contributed by atoms with E-state index in [1.54, 1.807) is 28.9 Å². The van der Waals surface area contributed by atoms with Gasteiger partial charge in [-0.25, -0.2) is 4.39 Å². The van der Waals surface area contributed by atoms with Crippen molar-refractivity contribution in [2.45, 2.75) is 19.0 Å². The molecule has 34 heavy (non-hydrogen) atoms. The average molecular weight is 477 g/mol. The molecule has 1 aromatic heterocycles. The van der Waals surface area contributed by atoms with Crippen molar-refractivity contribution in [1.82, 2.24) is 20.2 Å². The summed E-state index contributed by atoms with van der Waals surface area (Å²) in [5.41, 5.74) is 4.07. The minimum atomic E-state index is -0.422. The summed E-state index contributed by atoms with van der Waals surface area (Å²) in [6, 6.07) is 18.0. The maximum Gasteiger partial charge on any atom is 0.257 e. The first-order valence-corrected chi connectivity index (χ1v) is 11.3. The molecule has 0 aliphatic carbocycles. The number of benzene rings is 3. The van der Waals surface area contributed by atoms with Crippen LogP contribution in [0.4, 0.5) is 15.8 Å². The molecule has 172 valence electrons. The number of aryl methyl sites for hydroxylation is 2. The molecule has 8 nitrogen and oxygen atoms in total. The van der Waals surface area contributed by atoms with Gasteiger partial charge >= 0.3 is 0 Å². The van der Waals surface area contributed by atoms with Gasteiger partial charge in [0.15, 0.2) is 0 Å². The summed E-state index contributed by atoms with van der Waals surface area (Å²) in [5, 5.41) is 17.8. The highest BCUT2D eigenvalue weighted by Crippen LogP contribution is 2.23. The summed E-state index contributed by atoms with van der Waals surface area (Å²) < 4.78 is 14.7. The summed E-state index contributed by atoms with van der Waals surface area (Å²) in [4.78, 5) is 25.4. The molecule has 0 aliphatic heterocycles. The van der Waals surface area contributed by atoms with Crippen LogP contribution >= 0.6 is 11.8 Å². The van der Waals surface area contributed by atoms with Gasteiger partial charge in [-0.15, -0.1) is 5.10 Å². The fourth-order valence-electron chi connectivity index (χ4n) is 3.30. The Bertz CT molecular complexity index is 1340. The first-order valence-electron chi connectivity index (χ1n) is 10.4. The summed E-state index contributed by atoms with van der Waals surface area (Å²) in [6.45, 7) is 3.98. The minimum absolute atomic E-state index is 0.0409. The molecule has 0 saturated heterocycles. The summed E-state index contributed by atoms with van der Waals surface area (Å²) in [5.74, 6) is -1.10. The molecule has 0 unspecified atom stereocenters. The molecule has 0 spiro atoms. The number of halogens is 1. The van der Waals surface area contributed by atoms with Crippen LogP contribution in [0.15, 0.2) is 71.9 Å². The molecule has 4 aromatic rings. The topological polar surface area (TPSA) is 102 Å². The van der Waals surface area contributed by atoms with E-state index in [1.807, 2.05) is 32.0 Å². The third-order valence-electron chi connectivity index (χ3n) is 4.90. The van der Waals surface area contributed by atoms with E-state index in [4.69, 9.17) is 0 Å². The number of hydrogen-bond acceptors (Lipinski definition) is 6. The van der Waals surface area contributed by atoms with Gasteiger partial charge in [0.05, 0.1) is 22.7 Å². The van der Waals surface area contributed by atoms with E-state index in [0.29, 0.717) is 16.5 Å². The van der Waals surface area contributed by atoms with Gasteiger partial charge in [-0.3, -0.25) is 9.59 Å². The fourth-order valence-corrected chi connectivity index (χ4v) is 3.99. The van der Waals surface area contributed by atoms with Gasteiger partial charge in [0.2, 0.25) is 11.1 Å². The van der Waals surface area contributed by atoms with E-state index in [1.165, 1.54) is 36.0 Å². The monoisotopic (exact) mass is 476 g/mol. The first kappa shape index (κ1) is 23.1. The SMILES string of the molecule is Cc1ccc(-n2nnnc2SCC(=O)Nc2ccccc2C(=O)Nc2ccc(F)cc2)c(C)c1.